The average Bonchev–Trinajstić information content (AvgIpc) is 2.55. The van der Waals surface area contributed by atoms with Crippen LogP contribution in [0, 0.1) is 11.8 Å². The summed E-state index contributed by atoms with van der Waals surface area (Å²) in [6.07, 6.45) is 6.00. The molecule has 28 heavy (non-hydrogen) atoms. The lowest BCUT2D eigenvalue weighted by molar-refractivity contribution is -0.145. The Morgan fingerprint density at radius 2 is 1.14 bits per heavy atom. The number of carbonyl (C=O) groups excluding carboxylic acids is 1. The number of likely N-dealkylation sites (tertiary alicyclic amines) is 2. The number of nitrogens with zero attached hydrogens (tertiary/aromatic N) is 2. The molecular weight excluding hydrogens is 344 g/mol. The molecule has 0 bridgehead atoms. The molecule has 0 aromatic rings. The summed E-state index contributed by atoms with van der Waals surface area (Å²) >= 11 is 0. The number of rotatable bonds is 2. The first-order valence-corrected chi connectivity index (χ1v) is 11.0. The third kappa shape index (κ3) is 5.59. The van der Waals surface area contributed by atoms with Gasteiger partial charge in [0.05, 0.1) is 5.54 Å². The number of piperidine rings is 2. The van der Waals surface area contributed by atoms with Crippen LogP contribution in [0.15, 0.2) is 0 Å². The van der Waals surface area contributed by atoms with E-state index in [9.17, 15) is 4.79 Å². The largest absolute Gasteiger partial charge is 0.297 e. The van der Waals surface area contributed by atoms with Crippen LogP contribution in [0.3, 0.4) is 0 Å². The molecule has 2 saturated heterocycles. The maximum atomic E-state index is 12.1. The summed E-state index contributed by atoms with van der Waals surface area (Å²) in [4.78, 5) is 16.9. The van der Waals surface area contributed by atoms with Gasteiger partial charge in [-0.1, -0.05) is 27.7 Å². The van der Waals surface area contributed by atoms with E-state index >= 15 is 0 Å². The summed E-state index contributed by atoms with van der Waals surface area (Å²) in [5, 5.41) is 0. The maximum absolute atomic E-state index is 12.1. The zero-order chi connectivity index (χ0) is 21.4. The third-order valence-corrected chi connectivity index (χ3v) is 7.93. The van der Waals surface area contributed by atoms with Crippen LogP contribution in [0.4, 0.5) is 0 Å². The normalized spacial score (nSPS) is 29.4. The fourth-order valence-electron chi connectivity index (χ4n) is 5.45. The van der Waals surface area contributed by atoms with E-state index in [4.69, 9.17) is 0 Å². The second-order valence-corrected chi connectivity index (χ2v) is 11.5. The van der Waals surface area contributed by atoms with Gasteiger partial charge in [-0.25, -0.2) is 0 Å². The summed E-state index contributed by atoms with van der Waals surface area (Å²) in [5.41, 5.74) is 0.589. The Morgan fingerprint density at radius 1 is 0.750 bits per heavy atom. The standard InChI is InChI=1S/C12H23NO.C12H25N.CH4/c1-7-9-8-11(2,3)13(6)12(4,5)10(9)14;1-7-10-8-11(2,3)13(6)12(4,5)9-10;/h9H,7-8H2,1-6H3;10H,7-9H2,1-6H3;1H4. The molecule has 0 aromatic heterocycles. The zero-order valence-corrected chi connectivity index (χ0v) is 20.5. The molecule has 3 nitrogen and oxygen atoms in total. The lowest BCUT2D eigenvalue weighted by Gasteiger charge is -2.53. The van der Waals surface area contributed by atoms with Gasteiger partial charge < -0.3 is 0 Å². The van der Waals surface area contributed by atoms with Gasteiger partial charge in [0, 0.05) is 22.5 Å². The van der Waals surface area contributed by atoms with Crippen LogP contribution < -0.4 is 0 Å². The van der Waals surface area contributed by atoms with E-state index in [0.717, 1.165) is 18.8 Å². The molecule has 168 valence electrons. The Hall–Kier alpha value is -0.410. The van der Waals surface area contributed by atoms with Crippen LogP contribution >= 0.6 is 0 Å². The fraction of sp³-hybridized carbons (Fsp3) is 0.960. The van der Waals surface area contributed by atoms with Crippen molar-refractivity contribution in [2.45, 2.75) is 131 Å². The summed E-state index contributed by atoms with van der Waals surface area (Å²) in [7, 11) is 4.33. The third-order valence-electron chi connectivity index (χ3n) is 7.93. The van der Waals surface area contributed by atoms with E-state index in [1.54, 1.807) is 0 Å². The van der Waals surface area contributed by atoms with E-state index in [1.165, 1.54) is 19.3 Å². The van der Waals surface area contributed by atoms with Crippen molar-refractivity contribution in [1.82, 2.24) is 9.80 Å². The van der Waals surface area contributed by atoms with E-state index in [-0.39, 0.29) is 24.4 Å². The highest BCUT2D eigenvalue weighted by Gasteiger charge is 2.48. The van der Waals surface area contributed by atoms with Gasteiger partial charge in [0.2, 0.25) is 0 Å². The van der Waals surface area contributed by atoms with E-state index < -0.39 is 0 Å². The molecule has 2 fully saturated rings. The minimum absolute atomic E-state index is 0. The molecule has 0 spiro atoms. The van der Waals surface area contributed by atoms with Gasteiger partial charge in [-0.3, -0.25) is 14.6 Å². The quantitative estimate of drug-likeness (QED) is 0.539. The van der Waals surface area contributed by atoms with Gasteiger partial charge in [-0.05, 0) is 101 Å². The minimum Gasteiger partial charge on any atom is -0.297 e. The molecule has 0 aliphatic carbocycles. The summed E-state index contributed by atoms with van der Waals surface area (Å²) in [5.74, 6) is 1.57. The highest BCUT2D eigenvalue weighted by molar-refractivity contribution is 5.90. The molecule has 0 aromatic carbocycles. The summed E-state index contributed by atoms with van der Waals surface area (Å²) < 4.78 is 0. The zero-order valence-electron chi connectivity index (χ0n) is 20.5. The van der Waals surface area contributed by atoms with Crippen molar-refractivity contribution >= 4 is 5.78 Å². The van der Waals surface area contributed by atoms with Crippen molar-refractivity contribution in [3.05, 3.63) is 0 Å². The second-order valence-electron chi connectivity index (χ2n) is 11.5. The van der Waals surface area contributed by atoms with Crippen LogP contribution in [-0.2, 0) is 4.79 Å². The number of carbonyl (C=O) groups is 1. The van der Waals surface area contributed by atoms with Gasteiger partial charge in [0.15, 0.2) is 5.78 Å². The topological polar surface area (TPSA) is 23.6 Å². The second kappa shape index (κ2) is 9.16. The van der Waals surface area contributed by atoms with Crippen LogP contribution in [0.1, 0.15) is 109 Å². The molecule has 0 radical (unpaired) electrons. The molecule has 1 unspecified atom stereocenters. The molecule has 0 amide bonds. The summed E-state index contributed by atoms with van der Waals surface area (Å²) in [6, 6.07) is 0. The fourth-order valence-corrected chi connectivity index (χ4v) is 5.45. The number of Topliss-reactive ketones (excluding diaryl/α,β-unsaturated/α-hetero) is 1. The number of hydrogen-bond donors (Lipinski definition) is 0. The van der Waals surface area contributed by atoms with Crippen LogP contribution in [0.2, 0.25) is 0 Å². The van der Waals surface area contributed by atoms with Gasteiger partial charge in [-0.15, -0.1) is 0 Å². The molecule has 2 rings (SSSR count). The lowest BCUT2D eigenvalue weighted by atomic mass is 9.72. The Labute approximate surface area is 177 Å². The number of likely N-dealkylation sites (N-methyl/N-ethyl adjacent to an activating group) is 1. The Bertz CT molecular complexity index is 501. The Morgan fingerprint density at radius 3 is 1.50 bits per heavy atom. The van der Waals surface area contributed by atoms with Gasteiger partial charge in [-0.2, -0.15) is 0 Å². The monoisotopic (exact) mass is 396 g/mol. The SMILES string of the molecule is C.CCC1CC(C)(C)N(C)C(C)(C)C1.CCC1CC(C)(C)N(C)C(C)(C)C1=O. The highest BCUT2D eigenvalue weighted by atomic mass is 16.1. The van der Waals surface area contributed by atoms with Crippen molar-refractivity contribution < 1.29 is 4.79 Å². The molecule has 0 saturated carbocycles. The predicted molar refractivity (Wildman–Crippen MR) is 125 cm³/mol. The van der Waals surface area contributed by atoms with Gasteiger partial charge >= 0.3 is 0 Å². The molecule has 2 aliphatic heterocycles. The first-order valence-electron chi connectivity index (χ1n) is 11.0. The van der Waals surface area contributed by atoms with E-state index in [0.29, 0.717) is 16.9 Å². The van der Waals surface area contributed by atoms with Gasteiger partial charge in [0.25, 0.3) is 0 Å². The molecule has 1 atom stereocenters. The summed E-state index contributed by atoms with van der Waals surface area (Å²) in [6.45, 7) is 22.5. The van der Waals surface area contributed by atoms with E-state index in [1.807, 2.05) is 13.8 Å². The Balaban J connectivity index is 0.000000504. The van der Waals surface area contributed by atoms with Crippen molar-refractivity contribution in [1.29, 1.82) is 0 Å². The predicted octanol–water partition coefficient (Wildman–Crippen LogP) is 6.41. The molecule has 2 aliphatic rings. The molecule has 3 heteroatoms. The molecular formula is C25H52N2O. The smallest absolute Gasteiger partial charge is 0.155 e. The average molecular weight is 397 g/mol. The Kier molecular flexibility index (Phi) is 9.03. The molecule has 0 N–H and O–H groups in total. The first-order chi connectivity index (χ1) is 12.0. The van der Waals surface area contributed by atoms with Crippen molar-refractivity contribution in [3.63, 3.8) is 0 Å². The highest BCUT2D eigenvalue weighted by Crippen LogP contribution is 2.41. The van der Waals surface area contributed by atoms with Crippen LogP contribution in [0.25, 0.3) is 0 Å². The van der Waals surface area contributed by atoms with Crippen molar-refractivity contribution in [2.75, 3.05) is 14.1 Å². The van der Waals surface area contributed by atoms with Crippen molar-refractivity contribution in [3.8, 4) is 0 Å². The van der Waals surface area contributed by atoms with Crippen molar-refractivity contribution in [2.24, 2.45) is 11.8 Å². The minimum atomic E-state index is -0.303. The lowest BCUT2D eigenvalue weighted by Crippen LogP contribution is -2.63. The van der Waals surface area contributed by atoms with Gasteiger partial charge in [0.1, 0.15) is 0 Å². The van der Waals surface area contributed by atoms with E-state index in [2.05, 4.69) is 79.3 Å². The van der Waals surface area contributed by atoms with Crippen LogP contribution in [0.5, 0.6) is 0 Å². The maximum Gasteiger partial charge on any atom is 0.155 e. The molecule has 2 heterocycles. The first kappa shape index (κ1) is 27.6. The van der Waals surface area contributed by atoms with Crippen LogP contribution in [-0.4, -0.2) is 51.8 Å². The number of ketones is 1. The number of hydrogen-bond acceptors (Lipinski definition) is 3.